The summed E-state index contributed by atoms with van der Waals surface area (Å²) >= 11 is 0. The first-order chi connectivity index (χ1) is 39.5. The van der Waals surface area contributed by atoms with E-state index in [4.69, 9.17) is 14.2 Å². The van der Waals surface area contributed by atoms with Crippen molar-refractivity contribution >= 4 is 17.9 Å². The molecule has 0 spiro atoms. The van der Waals surface area contributed by atoms with Crippen molar-refractivity contribution in [2.24, 2.45) is 0 Å². The first-order valence-corrected chi connectivity index (χ1v) is 32.5. The van der Waals surface area contributed by atoms with Gasteiger partial charge in [0.2, 0.25) is 0 Å². The van der Waals surface area contributed by atoms with Crippen LogP contribution in [0.5, 0.6) is 0 Å². The molecular weight excluding hydrogens is 985 g/mol. The van der Waals surface area contributed by atoms with E-state index in [1.54, 1.807) is 0 Å². The van der Waals surface area contributed by atoms with E-state index in [2.05, 4.69) is 179 Å². The molecule has 0 N–H and O–H groups in total. The van der Waals surface area contributed by atoms with E-state index in [0.29, 0.717) is 19.3 Å². The summed E-state index contributed by atoms with van der Waals surface area (Å²) in [5.74, 6) is -0.958. The van der Waals surface area contributed by atoms with E-state index in [1.165, 1.54) is 64.2 Å². The number of rotatable bonds is 57. The van der Waals surface area contributed by atoms with Gasteiger partial charge in [-0.1, -0.05) is 262 Å². The molecular formula is C74H118O6. The van der Waals surface area contributed by atoms with E-state index >= 15 is 0 Å². The number of carbonyl (C=O) groups excluding carboxylic acids is 3. The highest BCUT2D eigenvalue weighted by molar-refractivity contribution is 5.71. The van der Waals surface area contributed by atoms with Gasteiger partial charge in [-0.15, -0.1) is 0 Å². The Hall–Kier alpha value is -4.97. The zero-order valence-corrected chi connectivity index (χ0v) is 51.5. The fourth-order valence-corrected chi connectivity index (χ4v) is 8.44. The summed E-state index contributed by atoms with van der Waals surface area (Å²) in [5.41, 5.74) is 0. The Kier molecular flexibility index (Phi) is 62.4. The Bertz CT molecular complexity index is 1790. The van der Waals surface area contributed by atoms with Gasteiger partial charge in [-0.05, 0) is 148 Å². The Labute approximate surface area is 492 Å². The summed E-state index contributed by atoms with van der Waals surface area (Å²) < 4.78 is 16.9. The zero-order valence-electron chi connectivity index (χ0n) is 51.5. The molecule has 1 unspecified atom stereocenters. The quantitative estimate of drug-likeness (QED) is 0.0261. The van der Waals surface area contributed by atoms with E-state index < -0.39 is 6.10 Å². The van der Waals surface area contributed by atoms with Crippen LogP contribution in [-0.4, -0.2) is 37.2 Å². The number of hydrogen-bond acceptors (Lipinski definition) is 6. The molecule has 0 aliphatic heterocycles. The van der Waals surface area contributed by atoms with Crippen LogP contribution in [0.3, 0.4) is 0 Å². The van der Waals surface area contributed by atoms with Gasteiger partial charge in [0, 0.05) is 19.3 Å². The third-order valence-electron chi connectivity index (χ3n) is 13.2. The smallest absolute Gasteiger partial charge is 0.306 e. The Morgan fingerprint density at radius 3 is 0.775 bits per heavy atom. The third kappa shape index (κ3) is 63.9. The highest BCUT2D eigenvalue weighted by Crippen LogP contribution is 2.14. The van der Waals surface area contributed by atoms with Crippen molar-refractivity contribution in [3.63, 3.8) is 0 Å². The van der Waals surface area contributed by atoms with Crippen LogP contribution in [0.15, 0.2) is 158 Å². The fraction of sp³-hybridized carbons (Fsp3) is 0.608. The van der Waals surface area contributed by atoms with Gasteiger partial charge in [-0.2, -0.15) is 0 Å². The van der Waals surface area contributed by atoms with Crippen molar-refractivity contribution in [2.45, 2.75) is 277 Å². The molecule has 0 saturated carbocycles. The van der Waals surface area contributed by atoms with Crippen LogP contribution in [0.25, 0.3) is 0 Å². The highest BCUT2D eigenvalue weighted by atomic mass is 16.6. The maximum Gasteiger partial charge on any atom is 0.306 e. The van der Waals surface area contributed by atoms with Crippen molar-refractivity contribution in [3.05, 3.63) is 158 Å². The van der Waals surface area contributed by atoms with Gasteiger partial charge < -0.3 is 14.2 Å². The monoisotopic (exact) mass is 1100 g/mol. The lowest BCUT2D eigenvalue weighted by molar-refractivity contribution is -0.167. The van der Waals surface area contributed by atoms with Crippen LogP contribution in [-0.2, 0) is 28.6 Å². The van der Waals surface area contributed by atoms with Gasteiger partial charge in [0.05, 0.1) is 0 Å². The fourth-order valence-electron chi connectivity index (χ4n) is 8.44. The highest BCUT2D eigenvalue weighted by Gasteiger charge is 2.19. The predicted octanol–water partition coefficient (Wildman–Crippen LogP) is 22.5. The maximum absolute atomic E-state index is 12.9. The van der Waals surface area contributed by atoms with Gasteiger partial charge >= 0.3 is 17.9 Å². The third-order valence-corrected chi connectivity index (χ3v) is 13.2. The van der Waals surface area contributed by atoms with Crippen LogP contribution in [0, 0.1) is 0 Å². The van der Waals surface area contributed by atoms with Gasteiger partial charge in [0.1, 0.15) is 13.2 Å². The number of unbranched alkanes of at least 4 members (excludes halogenated alkanes) is 20. The van der Waals surface area contributed by atoms with Crippen LogP contribution >= 0.6 is 0 Å². The molecule has 0 bridgehead atoms. The standard InChI is InChI=1S/C74H118O6/c1-4-7-10-13-16-19-22-25-27-29-30-31-32-33-34-35-36-37-38-39-40-41-42-43-44-45-47-49-52-55-58-61-64-67-73(76)79-70-71(69-78-72(75)66-63-60-57-54-51-48-24-21-18-15-12-9-6-3)80-74(77)68-65-62-59-56-53-50-46-28-26-23-20-17-14-11-8-5-2/h7,9-10,12,16,18-21,23,25,27-28,30-31,33-34,36-37,39-40,42-43,46,48,51,71H,4-6,8,11,13-15,17,22,24,26,29,32,35,38,41,44-45,47,49-50,52-70H2,1-3H3/b10-7-,12-9-,19-16-,21-18-,23-20-,27-25-,31-30-,34-33-,37-36-,40-39-,43-42-,46-28-,51-48-. The van der Waals surface area contributed by atoms with Gasteiger partial charge in [-0.3, -0.25) is 14.4 Å². The minimum Gasteiger partial charge on any atom is -0.462 e. The van der Waals surface area contributed by atoms with E-state index in [1.807, 2.05) is 0 Å². The van der Waals surface area contributed by atoms with Crippen LogP contribution in [0.1, 0.15) is 271 Å². The summed E-state index contributed by atoms with van der Waals surface area (Å²) in [6.45, 7) is 6.35. The van der Waals surface area contributed by atoms with Crippen LogP contribution in [0.2, 0.25) is 0 Å². The summed E-state index contributed by atoms with van der Waals surface area (Å²) in [4.78, 5) is 38.3. The van der Waals surface area contributed by atoms with E-state index in [0.717, 1.165) is 167 Å². The zero-order chi connectivity index (χ0) is 57.8. The molecule has 0 heterocycles. The largest absolute Gasteiger partial charge is 0.462 e. The minimum atomic E-state index is -0.808. The molecule has 0 aromatic rings. The second-order valence-electron chi connectivity index (χ2n) is 20.9. The number of carbonyl (C=O) groups is 3. The van der Waals surface area contributed by atoms with Crippen LogP contribution < -0.4 is 0 Å². The topological polar surface area (TPSA) is 78.9 Å². The molecule has 80 heavy (non-hydrogen) atoms. The molecule has 6 heteroatoms. The summed E-state index contributed by atoms with van der Waals surface area (Å²) in [7, 11) is 0. The van der Waals surface area contributed by atoms with Crippen molar-refractivity contribution in [1.82, 2.24) is 0 Å². The van der Waals surface area contributed by atoms with Gasteiger partial charge in [0.25, 0.3) is 0 Å². The molecule has 0 aromatic carbocycles. The van der Waals surface area contributed by atoms with Crippen molar-refractivity contribution in [2.75, 3.05) is 13.2 Å². The second-order valence-corrected chi connectivity index (χ2v) is 20.9. The van der Waals surface area contributed by atoms with Crippen molar-refractivity contribution in [3.8, 4) is 0 Å². The first kappa shape index (κ1) is 75.0. The molecule has 0 aromatic heterocycles. The molecule has 0 saturated heterocycles. The Morgan fingerprint density at radius 2 is 0.487 bits per heavy atom. The summed E-state index contributed by atoms with van der Waals surface area (Å²) in [6.07, 6.45) is 96.8. The van der Waals surface area contributed by atoms with E-state index in [-0.39, 0.29) is 31.1 Å². The normalized spacial score (nSPS) is 13.2. The van der Waals surface area contributed by atoms with Crippen molar-refractivity contribution < 1.29 is 28.6 Å². The van der Waals surface area contributed by atoms with Gasteiger partial charge in [0.15, 0.2) is 6.10 Å². The lowest BCUT2D eigenvalue weighted by Gasteiger charge is -2.18. The number of allylic oxidation sites excluding steroid dienone is 26. The molecule has 0 fully saturated rings. The average Bonchev–Trinajstić information content (AvgIpc) is 3.46. The molecule has 0 amide bonds. The molecule has 1 atom stereocenters. The number of esters is 3. The maximum atomic E-state index is 12.9. The molecule has 6 nitrogen and oxygen atoms in total. The average molecular weight is 1100 g/mol. The molecule has 450 valence electrons. The van der Waals surface area contributed by atoms with Crippen LogP contribution in [0.4, 0.5) is 0 Å². The number of hydrogen-bond donors (Lipinski definition) is 0. The second kappa shape index (κ2) is 66.5. The molecule has 0 rings (SSSR count). The first-order valence-electron chi connectivity index (χ1n) is 32.5. The van der Waals surface area contributed by atoms with E-state index in [9.17, 15) is 14.4 Å². The SMILES string of the molecule is CC/C=C\C/C=C\C/C=C\C/C=C\C/C=C\C/C=C\C/C=C\C/C=C\CCCCCCCCCCC(=O)OCC(COC(=O)CCCCC/C=C\C/C=C\C/C=C\CC)OC(=O)CCCCCCC/C=C\C/C=C\CCCCCC. The Morgan fingerprint density at radius 1 is 0.263 bits per heavy atom. The molecule has 0 aliphatic rings. The predicted molar refractivity (Wildman–Crippen MR) is 348 cm³/mol. The lowest BCUT2D eigenvalue weighted by Crippen LogP contribution is -2.30. The molecule has 0 aliphatic carbocycles. The minimum absolute atomic E-state index is 0.103. The van der Waals surface area contributed by atoms with Gasteiger partial charge in [-0.25, -0.2) is 0 Å². The summed E-state index contributed by atoms with van der Waals surface area (Å²) in [6, 6.07) is 0. The van der Waals surface area contributed by atoms with Crippen molar-refractivity contribution in [1.29, 1.82) is 0 Å². The summed E-state index contributed by atoms with van der Waals surface area (Å²) in [5, 5.41) is 0. The lowest BCUT2D eigenvalue weighted by atomic mass is 10.1. The Balaban J connectivity index is 4.32. The molecule has 0 radical (unpaired) electrons. The number of ether oxygens (including phenoxy) is 3.